The van der Waals surface area contributed by atoms with Crippen LogP contribution in [-0.2, 0) is 4.74 Å². The fourth-order valence-electron chi connectivity index (χ4n) is 5.07. The van der Waals surface area contributed by atoms with Crippen LogP contribution in [-0.4, -0.2) is 12.9 Å². The van der Waals surface area contributed by atoms with Crippen LogP contribution in [0.1, 0.15) is 103 Å². The lowest BCUT2D eigenvalue weighted by molar-refractivity contribution is -0.137. The summed E-state index contributed by atoms with van der Waals surface area (Å²) in [6, 6.07) is 8.75. The van der Waals surface area contributed by atoms with Gasteiger partial charge in [-0.3, -0.25) is 0 Å². The lowest BCUT2D eigenvalue weighted by atomic mass is 9.80. The van der Waals surface area contributed by atoms with Crippen molar-refractivity contribution in [1.82, 2.24) is 0 Å². The van der Waals surface area contributed by atoms with E-state index in [2.05, 4.69) is 45.0 Å². The van der Waals surface area contributed by atoms with Crippen LogP contribution in [0, 0.1) is 17.8 Å². The zero-order valence-corrected chi connectivity index (χ0v) is 18.5. The molecular weight excluding hydrogens is 344 g/mol. The van der Waals surface area contributed by atoms with E-state index in [9.17, 15) is 0 Å². The zero-order chi connectivity index (χ0) is 19.8. The van der Waals surface area contributed by atoms with Gasteiger partial charge in [-0.25, -0.2) is 0 Å². The predicted molar refractivity (Wildman–Crippen MR) is 118 cm³/mol. The van der Waals surface area contributed by atoms with Crippen molar-refractivity contribution < 1.29 is 9.47 Å². The van der Waals surface area contributed by atoms with E-state index < -0.39 is 0 Å². The maximum Gasteiger partial charge on any atom is 0.202 e. The molecule has 2 saturated carbocycles. The van der Waals surface area contributed by atoms with Gasteiger partial charge < -0.3 is 9.47 Å². The molecule has 2 nitrogen and oxygen atoms in total. The molecule has 0 heterocycles. The van der Waals surface area contributed by atoms with E-state index in [1.807, 2.05) is 0 Å². The van der Waals surface area contributed by atoms with Gasteiger partial charge in [0.2, 0.25) is 6.29 Å². The molecule has 0 saturated heterocycles. The zero-order valence-electron chi connectivity index (χ0n) is 18.5. The monoisotopic (exact) mass is 386 g/mol. The maximum atomic E-state index is 6.46. The minimum Gasteiger partial charge on any atom is -0.465 e. The van der Waals surface area contributed by atoms with Gasteiger partial charge in [-0.15, -0.1) is 0 Å². The fraction of sp³-hybridized carbons (Fsp3) is 0.769. The third-order valence-corrected chi connectivity index (χ3v) is 7.37. The van der Waals surface area contributed by atoms with Crippen molar-refractivity contribution in [3.05, 3.63) is 29.8 Å². The first-order valence-corrected chi connectivity index (χ1v) is 12.1. The number of ether oxygens (including phenoxy) is 2. The van der Waals surface area contributed by atoms with Crippen LogP contribution in [0.3, 0.4) is 0 Å². The molecule has 3 rings (SSSR count). The van der Waals surface area contributed by atoms with Crippen LogP contribution in [0.2, 0.25) is 0 Å². The average molecular weight is 387 g/mol. The summed E-state index contributed by atoms with van der Waals surface area (Å²) in [5.74, 6) is 3.65. The summed E-state index contributed by atoms with van der Waals surface area (Å²) < 4.78 is 12.9. The summed E-state index contributed by atoms with van der Waals surface area (Å²) in [5.41, 5.74) is 1.40. The van der Waals surface area contributed by atoms with E-state index in [1.54, 1.807) is 0 Å². The lowest BCUT2D eigenvalue weighted by Gasteiger charge is -2.35. The Morgan fingerprint density at radius 2 is 1.61 bits per heavy atom. The number of hydrogen-bond acceptors (Lipinski definition) is 2. The van der Waals surface area contributed by atoms with Gasteiger partial charge in [0.15, 0.2) is 0 Å². The summed E-state index contributed by atoms with van der Waals surface area (Å²) in [7, 11) is 0. The van der Waals surface area contributed by atoms with Gasteiger partial charge in [0.1, 0.15) is 5.75 Å². The SMILES string of the molecule is CCC(C)c1ccc(OC(OCCC2CCCCC2)C2CCCCC2C)cc1. The van der Waals surface area contributed by atoms with Crippen molar-refractivity contribution in [2.75, 3.05) is 6.61 Å². The maximum absolute atomic E-state index is 6.46. The first-order chi connectivity index (χ1) is 13.7. The highest BCUT2D eigenvalue weighted by atomic mass is 16.7. The Bertz CT molecular complexity index is 546. The third kappa shape index (κ3) is 6.24. The summed E-state index contributed by atoms with van der Waals surface area (Å²) in [5, 5.41) is 0. The second-order valence-corrected chi connectivity index (χ2v) is 9.45. The Labute approximate surface area is 173 Å². The highest BCUT2D eigenvalue weighted by molar-refractivity contribution is 5.29. The lowest BCUT2D eigenvalue weighted by Crippen LogP contribution is -2.36. The molecule has 2 aliphatic rings. The first kappa shape index (κ1) is 21.7. The smallest absolute Gasteiger partial charge is 0.202 e. The molecule has 4 atom stereocenters. The molecular formula is C26H42O2. The second kappa shape index (κ2) is 11.2. The standard InChI is InChI=1S/C26H42O2/c1-4-20(2)23-14-16-24(17-15-23)28-26(25-13-9-8-10-21(25)3)27-19-18-22-11-6-5-7-12-22/h14-17,20-22,25-26H,4-13,18-19H2,1-3H3. The minimum absolute atomic E-state index is 0.0895. The van der Waals surface area contributed by atoms with E-state index in [0.717, 1.165) is 18.3 Å². The molecule has 28 heavy (non-hydrogen) atoms. The second-order valence-electron chi connectivity index (χ2n) is 9.45. The minimum atomic E-state index is -0.0895. The molecule has 0 aromatic heterocycles. The number of hydrogen-bond donors (Lipinski definition) is 0. The average Bonchev–Trinajstić information content (AvgIpc) is 2.74. The molecule has 0 radical (unpaired) electrons. The topological polar surface area (TPSA) is 18.5 Å². The summed E-state index contributed by atoms with van der Waals surface area (Å²) in [4.78, 5) is 0. The molecule has 2 heteroatoms. The Balaban J connectivity index is 1.60. The summed E-state index contributed by atoms with van der Waals surface area (Å²) in [6.45, 7) is 7.77. The van der Waals surface area contributed by atoms with Crippen LogP contribution in [0.4, 0.5) is 0 Å². The molecule has 2 aliphatic carbocycles. The van der Waals surface area contributed by atoms with E-state index >= 15 is 0 Å². The molecule has 0 N–H and O–H groups in total. The van der Waals surface area contributed by atoms with E-state index in [-0.39, 0.29) is 6.29 Å². The Morgan fingerprint density at radius 1 is 0.929 bits per heavy atom. The first-order valence-electron chi connectivity index (χ1n) is 12.1. The van der Waals surface area contributed by atoms with Gasteiger partial charge in [-0.05, 0) is 54.7 Å². The quantitative estimate of drug-likeness (QED) is 0.404. The third-order valence-electron chi connectivity index (χ3n) is 7.37. The molecule has 158 valence electrons. The van der Waals surface area contributed by atoms with Gasteiger partial charge in [-0.2, -0.15) is 0 Å². The van der Waals surface area contributed by atoms with Crippen LogP contribution >= 0.6 is 0 Å². The molecule has 1 aromatic rings. The normalized spacial score (nSPS) is 26.0. The van der Waals surface area contributed by atoms with Crippen LogP contribution < -0.4 is 4.74 Å². The Kier molecular flexibility index (Phi) is 8.70. The van der Waals surface area contributed by atoms with Gasteiger partial charge in [0.05, 0.1) is 6.61 Å². The highest BCUT2D eigenvalue weighted by Gasteiger charge is 2.31. The van der Waals surface area contributed by atoms with Gasteiger partial charge in [0.25, 0.3) is 0 Å². The number of rotatable bonds is 9. The van der Waals surface area contributed by atoms with Gasteiger partial charge in [-0.1, -0.05) is 84.3 Å². The van der Waals surface area contributed by atoms with Crippen LogP contribution in [0.5, 0.6) is 5.75 Å². The molecule has 0 aliphatic heterocycles. The molecule has 0 amide bonds. The Morgan fingerprint density at radius 3 is 2.29 bits per heavy atom. The van der Waals surface area contributed by atoms with Crippen molar-refractivity contribution in [3.8, 4) is 5.75 Å². The molecule has 1 aromatic carbocycles. The Hall–Kier alpha value is -1.02. The summed E-state index contributed by atoms with van der Waals surface area (Å²) in [6.07, 6.45) is 14.5. The molecule has 0 bridgehead atoms. The van der Waals surface area contributed by atoms with Gasteiger partial charge in [0, 0.05) is 5.92 Å². The van der Waals surface area contributed by atoms with Crippen LogP contribution in [0.15, 0.2) is 24.3 Å². The van der Waals surface area contributed by atoms with Crippen LogP contribution in [0.25, 0.3) is 0 Å². The van der Waals surface area contributed by atoms with Crippen molar-refractivity contribution >= 4 is 0 Å². The number of benzene rings is 1. The largest absolute Gasteiger partial charge is 0.465 e. The van der Waals surface area contributed by atoms with Crippen molar-refractivity contribution in [3.63, 3.8) is 0 Å². The highest BCUT2D eigenvalue weighted by Crippen LogP contribution is 2.35. The van der Waals surface area contributed by atoms with Crippen molar-refractivity contribution in [1.29, 1.82) is 0 Å². The van der Waals surface area contributed by atoms with E-state index in [4.69, 9.17) is 9.47 Å². The molecule has 0 spiro atoms. The molecule has 2 fully saturated rings. The van der Waals surface area contributed by atoms with E-state index in [0.29, 0.717) is 17.8 Å². The molecule has 4 unspecified atom stereocenters. The van der Waals surface area contributed by atoms with Crippen molar-refractivity contribution in [2.24, 2.45) is 17.8 Å². The van der Waals surface area contributed by atoms with Crippen molar-refractivity contribution in [2.45, 2.75) is 104 Å². The van der Waals surface area contributed by atoms with E-state index in [1.165, 1.54) is 76.2 Å². The predicted octanol–water partition coefficient (Wildman–Crippen LogP) is 7.72. The summed E-state index contributed by atoms with van der Waals surface area (Å²) >= 11 is 0. The fourth-order valence-corrected chi connectivity index (χ4v) is 5.07. The van der Waals surface area contributed by atoms with Gasteiger partial charge >= 0.3 is 0 Å².